The molecule has 0 aliphatic carbocycles. The first kappa shape index (κ1) is 15.6. The predicted octanol–water partition coefficient (Wildman–Crippen LogP) is -0.505. The van der Waals surface area contributed by atoms with Crippen molar-refractivity contribution in [2.75, 3.05) is 0 Å². The Morgan fingerprint density at radius 2 is 2.09 bits per heavy atom. The monoisotopic (exact) mass is 391 g/mol. The fourth-order valence-corrected chi connectivity index (χ4v) is 2.87. The summed E-state index contributed by atoms with van der Waals surface area (Å²) in [5.74, 6) is -0.608. The van der Waals surface area contributed by atoms with Gasteiger partial charge < -0.3 is 0 Å². The summed E-state index contributed by atoms with van der Waals surface area (Å²) in [7, 11) is 0. The molecule has 1 atom stereocenters. The molecule has 3 rings (SSSR count). The minimum absolute atomic E-state index is 0.249. The molecule has 0 saturated heterocycles. The van der Waals surface area contributed by atoms with Gasteiger partial charge >= 0.3 is 144 Å². The van der Waals surface area contributed by atoms with E-state index >= 15 is 0 Å². The molecular formula is C14H11AsClN5O2. The van der Waals surface area contributed by atoms with Gasteiger partial charge in [-0.2, -0.15) is 0 Å². The zero-order valence-electron chi connectivity index (χ0n) is 11.9. The third-order valence-corrected chi connectivity index (χ3v) is 4.28. The molecular weight excluding hydrogens is 381 g/mol. The summed E-state index contributed by atoms with van der Waals surface area (Å²) in [5, 5.41) is 0.934. The normalized spacial score (nSPS) is 10.9. The van der Waals surface area contributed by atoms with Crippen LogP contribution in [0.25, 0.3) is 16.7 Å². The summed E-state index contributed by atoms with van der Waals surface area (Å²) in [6.45, 7) is 1.74. The predicted molar refractivity (Wildman–Crippen MR) is 89.4 cm³/mol. The molecule has 116 valence electrons. The van der Waals surface area contributed by atoms with Gasteiger partial charge in [-0.1, -0.05) is 0 Å². The Bertz CT molecular complexity index is 1020. The number of aryl methyl sites for hydroxylation is 1. The second-order valence-electron chi connectivity index (χ2n) is 4.81. The Morgan fingerprint density at radius 1 is 1.35 bits per heavy atom. The van der Waals surface area contributed by atoms with E-state index in [1.807, 2.05) is 0 Å². The average Bonchev–Trinajstić information content (AvgIpc) is 2.48. The van der Waals surface area contributed by atoms with Crippen molar-refractivity contribution in [1.82, 2.24) is 19.5 Å². The summed E-state index contributed by atoms with van der Waals surface area (Å²) in [5.41, 5.74) is 6.25. The molecule has 0 fully saturated rings. The number of hydrogen-bond acceptors (Lipinski definition) is 5. The number of nitrogens with zero attached hydrogens (tertiary/aromatic N) is 4. The molecule has 3 aromatic rings. The van der Waals surface area contributed by atoms with Crippen LogP contribution in [0.5, 0.6) is 0 Å². The number of rotatable bonds is 2. The maximum atomic E-state index is 12.4. The van der Waals surface area contributed by atoms with Gasteiger partial charge in [0.15, 0.2) is 0 Å². The quantitative estimate of drug-likeness (QED) is 0.593. The summed E-state index contributed by atoms with van der Waals surface area (Å²) in [4.78, 5) is 36.1. The molecule has 23 heavy (non-hydrogen) atoms. The van der Waals surface area contributed by atoms with E-state index < -0.39 is 11.6 Å². The fraction of sp³-hybridized carbons (Fsp3) is 0.0714. The van der Waals surface area contributed by atoms with Gasteiger partial charge in [-0.05, 0) is 0 Å². The number of carbonyl (C=O) groups excluding carboxylic acids is 1. The van der Waals surface area contributed by atoms with E-state index in [9.17, 15) is 9.59 Å². The summed E-state index contributed by atoms with van der Waals surface area (Å²) < 4.78 is 1.91. The van der Waals surface area contributed by atoms with E-state index in [0.717, 1.165) is 0 Å². The number of amides is 1. The number of nitrogens with two attached hydrogens (primary N) is 1. The van der Waals surface area contributed by atoms with Crippen LogP contribution in [0.15, 0.2) is 29.2 Å². The van der Waals surface area contributed by atoms with Gasteiger partial charge in [0.05, 0.1) is 0 Å². The second-order valence-corrected chi connectivity index (χ2v) is 6.30. The van der Waals surface area contributed by atoms with Crippen LogP contribution in [0.2, 0.25) is 5.02 Å². The van der Waals surface area contributed by atoms with Crippen molar-refractivity contribution in [2.24, 2.45) is 5.73 Å². The Hall–Kier alpha value is -2.24. The van der Waals surface area contributed by atoms with Crippen LogP contribution in [0.3, 0.4) is 0 Å². The van der Waals surface area contributed by atoms with Gasteiger partial charge in [-0.15, -0.1) is 0 Å². The van der Waals surface area contributed by atoms with Crippen molar-refractivity contribution in [3.8, 4) is 5.69 Å². The van der Waals surface area contributed by atoms with Gasteiger partial charge in [-0.25, -0.2) is 0 Å². The first-order valence-electron chi connectivity index (χ1n) is 6.50. The van der Waals surface area contributed by atoms with E-state index in [2.05, 4.69) is 15.0 Å². The van der Waals surface area contributed by atoms with Crippen molar-refractivity contribution in [1.29, 1.82) is 0 Å². The standard InChI is InChI=1S/C14H11AsClN5O2/c1-6-8-5-18-13(15)19-12(8)20-14(23)21(6)10-4-7(11(17)22)2-3-9(10)16/h2-5H,15H2,1H3,(H2,17,22). The molecule has 0 radical (unpaired) electrons. The molecule has 0 bridgehead atoms. The van der Waals surface area contributed by atoms with E-state index in [0.29, 0.717) is 32.0 Å². The Balaban J connectivity index is 2.37. The van der Waals surface area contributed by atoms with Crippen LogP contribution in [-0.4, -0.2) is 42.3 Å². The number of halogens is 1. The van der Waals surface area contributed by atoms with Gasteiger partial charge in [0, 0.05) is 0 Å². The third-order valence-electron chi connectivity index (χ3n) is 3.38. The molecule has 1 amide bonds. The topological polar surface area (TPSA) is 104 Å². The zero-order chi connectivity index (χ0) is 16.7. The summed E-state index contributed by atoms with van der Waals surface area (Å²) in [6.07, 6.45) is 1.61. The van der Waals surface area contributed by atoms with Crippen molar-refractivity contribution < 1.29 is 4.79 Å². The van der Waals surface area contributed by atoms with E-state index in [1.54, 1.807) is 13.1 Å². The van der Waals surface area contributed by atoms with E-state index in [4.69, 9.17) is 17.3 Å². The first-order chi connectivity index (χ1) is 10.9. The number of fused-ring (bicyclic) bond motifs is 1. The van der Waals surface area contributed by atoms with Gasteiger partial charge in [0.25, 0.3) is 0 Å². The molecule has 1 aromatic carbocycles. The van der Waals surface area contributed by atoms with Crippen molar-refractivity contribution in [3.63, 3.8) is 0 Å². The Labute approximate surface area is 144 Å². The third kappa shape index (κ3) is 2.73. The van der Waals surface area contributed by atoms with E-state index in [-0.39, 0.29) is 5.56 Å². The average molecular weight is 392 g/mol. The Kier molecular flexibility index (Phi) is 3.91. The van der Waals surface area contributed by atoms with Gasteiger partial charge in [0.2, 0.25) is 0 Å². The molecule has 2 N–H and O–H groups in total. The first-order valence-corrected chi connectivity index (χ1v) is 8.09. The molecule has 2 heterocycles. The molecule has 9 heteroatoms. The molecule has 0 aliphatic heterocycles. The van der Waals surface area contributed by atoms with Crippen LogP contribution in [0, 0.1) is 6.92 Å². The number of primary amides is 1. The number of benzene rings is 1. The SMILES string of the molecule is Cc1c2cnc([AsH2])nc2nc(=O)n1-c1cc(C(N)=O)ccc1Cl. The van der Waals surface area contributed by atoms with Crippen LogP contribution >= 0.6 is 11.6 Å². The van der Waals surface area contributed by atoms with Crippen molar-refractivity contribution in [2.45, 2.75) is 6.92 Å². The number of carbonyl (C=O) groups is 1. The zero-order valence-corrected chi connectivity index (χ0v) is 15.1. The van der Waals surface area contributed by atoms with Crippen LogP contribution < -0.4 is 16.0 Å². The van der Waals surface area contributed by atoms with Crippen LogP contribution in [0.4, 0.5) is 0 Å². The molecule has 2 aromatic heterocycles. The van der Waals surface area contributed by atoms with E-state index in [1.165, 1.54) is 39.6 Å². The van der Waals surface area contributed by atoms with Crippen LogP contribution in [-0.2, 0) is 0 Å². The van der Waals surface area contributed by atoms with Crippen molar-refractivity contribution in [3.05, 3.63) is 51.2 Å². The van der Waals surface area contributed by atoms with Gasteiger partial charge in [-0.3, -0.25) is 0 Å². The molecule has 7 nitrogen and oxygen atoms in total. The second kappa shape index (κ2) is 5.75. The number of aromatic nitrogens is 4. The molecule has 1 unspecified atom stereocenters. The summed E-state index contributed by atoms with van der Waals surface area (Å²) >= 11 is 7.43. The van der Waals surface area contributed by atoms with Crippen molar-refractivity contribution >= 4 is 50.0 Å². The van der Waals surface area contributed by atoms with Gasteiger partial charge in [0.1, 0.15) is 0 Å². The Morgan fingerprint density at radius 3 is 2.78 bits per heavy atom. The fourth-order valence-electron chi connectivity index (χ4n) is 2.25. The number of hydrogen-bond donors (Lipinski definition) is 1. The molecule has 0 saturated carbocycles. The summed E-state index contributed by atoms with van der Waals surface area (Å²) in [6, 6.07) is 4.48. The molecule has 0 aliphatic rings. The minimum atomic E-state index is -0.608. The van der Waals surface area contributed by atoms with Crippen LogP contribution in [0.1, 0.15) is 16.1 Å². The molecule has 0 spiro atoms. The maximum absolute atomic E-state index is 12.4.